The maximum atomic E-state index is 6.02. The fourth-order valence-corrected chi connectivity index (χ4v) is 4.70. The van der Waals surface area contributed by atoms with Crippen molar-refractivity contribution in [3.05, 3.63) is 103 Å². The van der Waals surface area contributed by atoms with Crippen molar-refractivity contribution in [1.29, 1.82) is 0 Å². The first-order valence-corrected chi connectivity index (χ1v) is 12.0. The first-order valence-electron chi connectivity index (χ1n) is 11.6. The lowest BCUT2D eigenvalue weighted by Crippen LogP contribution is -2.29. The van der Waals surface area contributed by atoms with Gasteiger partial charge in [-0.25, -0.2) is 0 Å². The number of thiocarbonyl (C=S) groups is 1. The number of benzene rings is 2. The minimum Gasteiger partial charge on any atom is -0.497 e. The number of aromatic nitrogens is 2. The number of ether oxygens (including phenoxy) is 2. The van der Waals surface area contributed by atoms with Gasteiger partial charge in [0.15, 0.2) is 5.11 Å². The number of nitrogens with zero attached hydrogens (tertiary/aromatic N) is 3. The molecule has 0 radical (unpaired) electrons. The average Bonchev–Trinajstić information content (AvgIpc) is 3.50. The molecule has 0 bridgehead atoms. The highest BCUT2D eigenvalue weighted by atomic mass is 32.1. The Morgan fingerprint density at radius 2 is 1.60 bits per heavy atom. The van der Waals surface area contributed by atoms with E-state index in [0.29, 0.717) is 11.2 Å². The highest BCUT2D eigenvalue weighted by Gasteiger charge is 2.41. The molecule has 0 amide bonds. The third-order valence-electron chi connectivity index (χ3n) is 6.18. The number of nitrogens with one attached hydrogen (secondary N) is 1. The molecule has 2 aromatic carbocycles. The van der Waals surface area contributed by atoms with Crippen LogP contribution in [0.25, 0.3) is 0 Å². The molecule has 0 unspecified atom stereocenters. The molecule has 1 aliphatic rings. The second-order valence-corrected chi connectivity index (χ2v) is 9.14. The van der Waals surface area contributed by atoms with E-state index in [4.69, 9.17) is 21.7 Å². The van der Waals surface area contributed by atoms with Crippen LogP contribution in [0.5, 0.6) is 17.2 Å². The van der Waals surface area contributed by atoms with Crippen molar-refractivity contribution in [3.63, 3.8) is 0 Å². The lowest BCUT2D eigenvalue weighted by atomic mass is 9.98. The minimum absolute atomic E-state index is 0.0363. The van der Waals surface area contributed by atoms with E-state index < -0.39 is 0 Å². The highest BCUT2D eigenvalue weighted by molar-refractivity contribution is 7.80. The number of hydrogen-bond donors (Lipinski definition) is 1. The second-order valence-electron chi connectivity index (χ2n) is 8.75. The fraction of sp³-hybridized carbons (Fsp3) is 0.214. The Kier molecular flexibility index (Phi) is 6.42. The first kappa shape index (κ1) is 22.9. The van der Waals surface area contributed by atoms with Crippen LogP contribution in [0.4, 0.5) is 5.69 Å². The standard InChI is InChI=1S/C28H28N4O2S/c1-19(2)31-17-15-20(18-31)27-26(25-6-4-5-16-29-25)30-28(35)32(27)21-7-9-23(10-8-21)34-24-13-11-22(33-3)12-14-24/h4-19,26-27H,1-3H3,(H,30,35)/t26-,27+/m1/s1. The SMILES string of the molecule is COc1ccc(Oc2ccc(N3C(=S)N[C@H](c4ccccn4)[C@@H]3c3ccn(C(C)C)c3)cc2)cc1. The summed E-state index contributed by atoms with van der Waals surface area (Å²) in [6.07, 6.45) is 6.15. The van der Waals surface area contributed by atoms with Gasteiger partial charge in [-0.3, -0.25) is 4.98 Å². The van der Waals surface area contributed by atoms with Gasteiger partial charge in [0.2, 0.25) is 0 Å². The van der Waals surface area contributed by atoms with Crippen molar-refractivity contribution in [2.45, 2.75) is 32.0 Å². The predicted octanol–water partition coefficient (Wildman–Crippen LogP) is 6.44. The number of pyridine rings is 1. The quantitative estimate of drug-likeness (QED) is 0.305. The molecule has 4 aromatic rings. The van der Waals surface area contributed by atoms with E-state index in [1.807, 2.05) is 72.9 Å². The van der Waals surface area contributed by atoms with Gasteiger partial charge >= 0.3 is 0 Å². The van der Waals surface area contributed by atoms with Crippen molar-refractivity contribution < 1.29 is 9.47 Å². The molecule has 1 N–H and O–H groups in total. The summed E-state index contributed by atoms with van der Waals surface area (Å²) in [6, 6.07) is 24.0. The van der Waals surface area contributed by atoms with Gasteiger partial charge in [0.1, 0.15) is 17.2 Å². The van der Waals surface area contributed by atoms with Crippen LogP contribution in [0, 0.1) is 0 Å². The fourth-order valence-electron chi connectivity index (χ4n) is 4.35. The Balaban J connectivity index is 1.45. The molecular formula is C28H28N4O2S. The summed E-state index contributed by atoms with van der Waals surface area (Å²) in [5, 5.41) is 4.19. The molecule has 3 heterocycles. The molecule has 178 valence electrons. The number of hydrogen-bond acceptors (Lipinski definition) is 4. The monoisotopic (exact) mass is 484 g/mol. The van der Waals surface area contributed by atoms with E-state index in [0.717, 1.165) is 28.6 Å². The van der Waals surface area contributed by atoms with Crippen molar-refractivity contribution in [2.75, 3.05) is 12.0 Å². The van der Waals surface area contributed by atoms with Crippen molar-refractivity contribution in [1.82, 2.24) is 14.9 Å². The van der Waals surface area contributed by atoms with Crippen molar-refractivity contribution >= 4 is 23.0 Å². The number of rotatable bonds is 7. The van der Waals surface area contributed by atoms with E-state index in [1.54, 1.807) is 7.11 Å². The lowest BCUT2D eigenvalue weighted by Gasteiger charge is -2.27. The Morgan fingerprint density at radius 3 is 2.20 bits per heavy atom. The van der Waals surface area contributed by atoms with Crippen LogP contribution < -0.4 is 19.7 Å². The van der Waals surface area contributed by atoms with Crippen molar-refractivity contribution in [2.24, 2.45) is 0 Å². The Morgan fingerprint density at radius 1 is 0.914 bits per heavy atom. The van der Waals surface area contributed by atoms with Crippen LogP contribution in [0.2, 0.25) is 0 Å². The van der Waals surface area contributed by atoms with Gasteiger partial charge in [0.05, 0.1) is 24.9 Å². The summed E-state index contributed by atoms with van der Waals surface area (Å²) in [6.45, 7) is 4.35. The van der Waals surface area contributed by atoms with Gasteiger partial charge in [-0.05, 0) is 98.4 Å². The zero-order valence-corrected chi connectivity index (χ0v) is 20.8. The Bertz CT molecular complexity index is 1290. The van der Waals surface area contributed by atoms with Crippen LogP contribution >= 0.6 is 12.2 Å². The number of methoxy groups -OCH3 is 1. The lowest BCUT2D eigenvalue weighted by molar-refractivity contribution is 0.413. The predicted molar refractivity (Wildman–Crippen MR) is 142 cm³/mol. The van der Waals surface area contributed by atoms with Crippen LogP contribution in [-0.2, 0) is 0 Å². The van der Waals surface area contributed by atoms with Gasteiger partial charge in [-0.1, -0.05) is 6.07 Å². The number of anilines is 1. The molecule has 0 aliphatic carbocycles. The zero-order chi connectivity index (χ0) is 24.4. The summed E-state index contributed by atoms with van der Waals surface area (Å²) in [7, 11) is 1.65. The Hall–Kier alpha value is -3.84. The van der Waals surface area contributed by atoms with Crippen LogP contribution in [0.3, 0.4) is 0 Å². The smallest absolute Gasteiger partial charge is 0.174 e. The third-order valence-corrected chi connectivity index (χ3v) is 6.50. The molecule has 1 aliphatic heterocycles. The van der Waals surface area contributed by atoms with Gasteiger partial charge in [-0.15, -0.1) is 0 Å². The topological polar surface area (TPSA) is 51.6 Å². The van der Waals surface area contributed by atoms with E-state index in [9.17, 15) is 0 Å². The molecule has 0 saturated carbocycles. The molecule has 0 spiro atoms. The molecule has 5 rings (SSSR count). The third kappa shape index (κ3) is 4.72. The van der Waals surface area contributed by atoms with Gasteiger partial charge in [0, 0.05) is 30.3 Å². The van der Waals surface area contributed by atoms with Crippen LogP contribution in [0.1, 0.15) is 43.2 Å². The molecule has 7 heteroatoms. The summed E-state index contributed by atoms with van der Waals surface area (Å²) in [5.41, 5.74) is 3.13. The first-order chi connectivity index (χ1) is 17.0. The van der Waals surface area contributed by atoms with E-state index in [2.05, 4.69) is 52.1 Å². The molecule has 35 heavy (non-hydrogen) atoms. The van der Waals surface area contributed by atoms with Gasteiger partial charge in [0.25, 0.3) is 0 Å². The Labute approximate surface area is 211 Å². The molecule has 1 fully saturated rings. The van der Waals surface area contributed by atoms with E-state index >= 15 is 0 Å². The minimum atomic E-state index is -0.0677. The average molecular weight is 485 g/mol. The molecule has 1 saturated heterocycles. The summed E-state index contributed by atoms with van der Waals surface area (Å²) in [5.74, 6) is 2.29. The van der Waals surface area contributed by atoms with E-state index in [1.165, 1.54) is 5.56 Å². The molecule has 2 aromatic heterocycles. The normalized spacial score (nSPS) is 17.5. The van der Waals surface area contributed by atoms with Crippen molar-refractivity contribution in [3.8, 4) is 17.2 Å². The highest BCUT2D eigenvalue weighted by Crippen LogP contribution is 2.42. The van der Waals surface area contributed by atoms with E-state index in [-0.39, 0.29) is 12.1 Å². The largest absolute Gasteiger partial charge is 0.497 e. The maximum Gasteiger partial charge on any atom is 0.174 e. The molecule has 2 atom stereocenters. The maximum absolute atomic E-state index is 6.02. The zero-order valence-electron chi connectivity index (χ0n) is 20.0. The summed E-state index contributed by atoms with van der Waals surface area (Å²) in [4.78, 5) is 6.80. The van der Waals surface area contributed by atoms with Gasteiger partial charge in [-0.2, -0.15) is 0 Å². The summed E-state index contributed by atoms with van der Waals surface area (Å²) < 4.78 is 13.5. The molecule has 6 nitrogen and oxygen atoms in total. The van der Waals surface area contributed by atoms with Crippen LogP contribution in [0.15, 0.2) is 91.4 Å². The second kappa shape index (κ2) is 9.80. The molecular weight excluding hydrogens is 456 g/mol. The van der Waals surface area contributed by atoms with Gasteiger partial charge < -0.3 is 24.3 Å². The summed E-state index contributed by atoms with van der Waals surface area (Å²) >= 11 is 5.83. The van der Waals surface area contributed by atoms with Crippen LogP contribution in [-0.4, -0.2) is 21.8 Å².